The number of aliphatic imine (C=N–C) groups is 1. The number of hydrogen-bond acceptors (Lipinski definition) is 3. The van der Waals surface area contributed by atoms with E-state index >= 15 is 0 Å². The van der Waals surface area contributed by atoms with Crippen LogP contribution in [0.25, 0.3) is 0 Å². The number of aryl methyl sites for hydroxylation is 1. The van der Waals surface area contributed by atoms with Crippen molar-refractivity contribution in [1.82, 2.24) is 0 Å². The normalized spacial score (nSPS) is 24.1. The van der Waals surface area contributed by atoms with Crippen LogP contribution in [0.3, 0.4) is 0 Å². The van der Waals surface area contributed by atoms with E-state index in [0.29, 0.717) is 17.8 Å². The van der Waals surface area contributed by atoms with Gasteiger partial charge in [-0.3, -0.25) is 4.99 Å². The lowest BCUT2D eigenvalue weighted by molar-refractivity contribution is -0.156. The molecule has 1 aliphatic carbocycles. The first-order chi connectivity index (χ1) is 13.3. The highest BCUT2D eigenvalue weighted by molar-refractivity contribution is 6.03. The van der Waals surface area contributed by atoms with E-state index in [1.807, 2.05) is 24.0 Å². The summed E-state index contributed by atoms with van der Waals surface area (Å²) in [6.07, 6.45) is 4.11. The van der Waals surface area contributed by atoms with Gasteiger partial charge in [0.15, 0.2) is 0 Å². The molecule has 1 aromatic rings. The van der Waals surface area contributed by atoms with Crippen molar-refractivity contribution < 1.29 is 9.53 Å². The molecule has 1 saturated carbocycles. The van der Waals surface area contributed by atoms with Crippen molar-refractivity contribution in [2.24, 2.45) is 22.7 Å². The highest BCUT2D eigenvalue weighted by atomic mass is 16.5. The second kappa shape index (κ2) is 10.1. The van der Waals surface area contributed by atoms with Crippen molar-refractivity contribution in [1.29, 1.82) is 0 Å². The average molecular weight is 387 g/mol. The number of ether oxygens (including phenoxy) is 1. The summed E-state index contributed by atoms with van der Waals surface area (Å²) in [6, 6.07) is 7.74. The summed E-state index contributed by atoms with van der Waals surface area (Å²) in [4.78, 5) is 19.7. The number of nitrogens with zero attached hydrogens (tertiary/aromatic N) is 2. The molecule has 0 radical (unpaired) electrons. The van der Waals surface area contributed by atoms with Crippen LogP contribution in [0.2, 0.25) is 0 Å². The van der Waals surface area contributed by atoms with Gasteiger partial charge in [0.1, 0.15) is 18.0 Å². The van der Waals surface area contributed by atoms with Crippen molar-refractivity contribution in [3.8, 4) is 0 Å². The summed E-state index contributed by atoms with van der Waals surface area (Å²) < 4.78 is 6.14. The molecule has 1 aromatic carbocycles. The van der Waals surface area contributed by atoms with E-state index in [1.165, 1.54) is 6.42 Å². The quantitative estimate of drug-likeness (QED) is 0.361. The maximum Gasteiger partial charge on any atom is 0.329 e. The first kappa shape index (κ1) is 22.4. The van der Waals surface area contributed by atoms with Gasteiger partial charge in [-0.1, -0.05) is 52.3 Å². The summed E-state index contributed by atoms with van der Waals surface area (Å²) in [5, 5.41) is 0. The first-order valence-electron chi connectivity index (χ1n) is 10.8. The fourth-order valence-electron chi connectivity index (χ4n) is 4.44. The SMILES string of the molecule is CCC(=NC)N(c1ccccc1C)[C@H](C)C(=O)O[C@H]1C[C@H](C)CC[C@H]1C(C)C. The number of para-hydroxylation sites is 1. The Bertz CT molecular complexity index is 683. The summed E-state index contributed by atoms with van der Waals surface area (Å²) in [5.74, 6) is 2.33. The van der Waals surface area contributed by atoms with Crippen molar-refractivity contribution in [2.45, 2.75) is 79.4 Å². The van der Waals surface area contributed by atoms with Crippen LogP contribution < -0.4 is 4.90 Å². The Hall–Kier alpha value is -1.84. The molecule has 0 saturated heterocycles. The van der Waals surface area contributed by atoms with E-state index < -0.39 is 6.04 Å². The average Bonchev–Trinajstić information content (AvgIpc) is 2.66. The number of carbonyl (C=O) groups is 1. The molecule has 1 fully saturated rings. The van der Waals surface area contributed by atoms with E-state index in [2.05, 4.69) is 51.7 Å². The Morgan fingerprint density at radius 2 is 1.93 bits per heavy atom. The summed E-state index contributed by atoms with van der Waals surface area (Å²) >= 11 is 0. The van der Waals surface area contributed by atoms with Crippen LogP contribution >= 0.6 is 0 Å². The molecule has 0 aliphatic heterocycles. The van der Waals surface area contributed by atoms with Crippen LogP contribution in [0, 0.1) is 24.7 Å². The molecular weight excluding hydrogens is 348 g/mol. The molecule has 0 unspecified atom stereocenters. The van der Waals surface area contributed by atoms with Gasteiger partial charge in [0, 0.05) is 19.2 Å². The molecule has 28 heavy (non-hydrogen) atoms. The molecule has 0 bridgehead atoms. The monoisotopic (exact) mass is 386 g/mol. The van der Waals surface area contributed by atoms with Gasteiger partial charge in [0.2, 0.25) is 0 Å². The molecule has 0 N–H and O–H groups in total. The Morgan fingerprint density at radius 3 is 2.50 bits per heavy atom. The lowest BCUT2D eigenvalue weighted by Crippen LogP contribution is -2.47. The van der Waals surface area contributed by atoms with Gasteiger partial charge in [0.25, 0.3) is 0 Å². The zero-order valence-electron chi connectivity index (χ0n) is 18.7. The molecule has 2 rings (SSSR count). The van der Waals surface area contributed by atoms with Gasteiger partial charge in [-0.05, 0) is 56.1 Å². The highest BCUT2D eigenvalue weighted by Crippen LogP contribution is 2.36. The largest absolute Gasteiger partial charge is 0.461 e. The zero-order valence-corrected chi connectivity index (χ0v) is 18.7. The molecule has 0 spiro atoms. The van der Waals surface area contributed by atoms with Gasteiger partial charge in [-0.15, -0.1) is 0 Å². The standard InChI is InChI=1S/C24H38N2O2/c1-8-23(25-7)26(21-12-10-9-11-18(21)5)19(6)24(27)28-22-15-17(4)13-14-20(22)16(2)3/h9-12,16-17,19-20,22H,8,13-15H2,1-7H3/t17-,19-,20+,22+/m1/s1. The van der Waals surface area contributed by atoms with E-state index in [9.17, 15) is 4.79 Å². The topological polar surface area (TPSA) is 41.9 Å². The second-order valence-corrected chi connectivity index (χ2v) is 8.63. The summed E-state index contributed by atoms with van der Waals surface area (Å²) in [7, 11) is 1.79. The number of anilines is 1. The number of carbonyl (C=O) groups excluding carboxylic acids is 1. The predicted octanol–water partition coefficient (Wildman–Crippen LogP) is 5.63. The smallest absolute Gasteiger partial charge is 0.329 e. The molecule has 1 aliphatic rings. The van der Waals surface area contributed by atoms with Crippen LogP contribution in [-0.4, -0.2) is 31.0 Å². The Balaban J connectivity index is 2.27. The van der Waals surface area contributed by atoms with Crippen LogP contribution in [0.4, 0.5) is 5.69 Å². The summed E-state index contributed by atoms with van der Waals surface area (Å²) in [6.45, 7) is 12.8. The van der Waals surface area contributed by atoms with Crippen LogP contribution in [0.5, 0.6) is 0 Å². The Morgan fingerprint density at radius 1 is 1.25 bits per heavy atom. The molecule has 156 valence electrons. The Labute approximate surface area is 171 Å². The van der Waals surface area contributed by atoms with Crippen molar-refractivity contribution in [3.05, 3.63) is 29.8 Å². The minimum absolute atomic E-state index is 0.0149. The van der Waals surface area contributed by atoms with Gasteiger partial charge < -0.3 is 9.64 Å². The molecule has 0 amide bonds. The lowest BCUT2D eigenvalue weighted by Gasteiger charge is -2.38. The van der Waals surface area contributed by atoms with Crippen LogP contribution in [0.1, 0.15) is 65.9 Å². The fraction of sp³-hybridized carbons (Fsp3) is 0.667. The minimum atomic E-state index is -0.412. The van der Waals surface area contributed by atoms with Crippen LogP contribution in [-0.2, 0) is 9.53 Å². The van der Waals surface area contributed by atoms with Crippen LogP contribution in [0.15, 0.2) is 29.3 Å². The van der Waals surface area contributed by atoms with E-state index in [1.54, 1.807) is 7.05 Å². The third-order valence-corrected chi connectivity index (χ3v) is 6.18. The zero-order chi connectivity index (χ0) is 20.8. The van der Waals surface area contributed by atoms with Gasteiger partial charge in [-0.2, -0.15) is 0 Å². The lowest BCUT2D eigenvalue weighted by atomic mass is 9.75. The van der Waals surface area contributed by atoms with Gasteiger partial charge >= 0.3 is 5.97 Å². The fourth-order valence-corrected chi connectivity index (χ4v) is 4.44. The maximum atomic E-state index is 13.2. The van der Waals surface area contributed by atoms with Crippen molar-refractivity contribution in [2.75, 3.05) is 11.9 Å². The first-order valence-corrected chi connectivity index (χ1v) is 10.8. The molecule has 4 nitrogen and oxygen atoms in total. The van der Waals surface area contributed by atoms with Crippen molar-refractivity contribution >= 4 is 17.5 Å². The summed E-state index contributed by atoms with van der Waals surface area (Å²) in [5.41, 5.74) is 2.15. The van der Waals surface area contributed by atoms with Gasteiger partial charge in [-0.25, -0.2) is 4.79 Å². The number of benzene rings is 1. The third-order valence-electron chi connectivity index (χ3n) is 6.18. The van der Waals surface area contributed by atoms with E-state index in [4.69, 9.17) is 4.74 Å². The molecular formula is C24H38N2O2. The minimum Gasteiger partial charge on any atom is -0.461 e. The van der Waals surface area contributed by atoms with E-state index in [0.717, 1.165) is 36.3 Å². The highest BCUT2D eigenvalue weighted by Gasteiger charge is 2.36. The number of amidine groups is 1. The maximum absolute atomic E-state index is 13.2. The van der Waals surface area contributed by atoms with Crippen molar-refractivity contribution in [3.63, 3.8) is 0 Å². The molecule has 0 heterocycles. The van der Waals surface area contributed by atoms with Gasteiger partial charge in [0.05, 0.1) is 0 Å². The molecule has 0 aromatic heterocycles. The molecule has 4 heteroatoms. The molecule has 4 atom stereocenters. The third kappa shape index (κ3) is 5.15. The Kier molecular flexibility index (Phi) is 8.09. The number of rotatable bonds is 6. The predicted molar refractivity (Wildman–Crippen MR) is 118 cm³/mol. The van der Waals surface area contributed by atoms with E-state index in [-0.39, 0.29) is 12.1 Å². The number of hydrogen-bond donors (Lipinski definition) is 0. The second-order valence-electron chi connectivity index (χ2n) is 8.63. The number of esters is 1.